The number of benzene rings is 2. The Bertz CT molecular complexity index is 2100. The SMILES string of the molecule is CN1CCN(S(=O)(=O)Nc2nn(C)c3c(-c4ccc(C#CC(C)(C)O)nc4C(Cc4cc(F)cc(F)c4)N(C(=O)O)C(C)(C)C)cccc23)CC1. The summed E-state index contributed by atoms with van der Waals surface area (Å²) in [6, 6.07) is 10.5. The topological polar surface area (TPSA) is 144 Å². The quantitative estimate of drug-likeness (QED) is 0.216. The Morgan fingerprint density at radius 2 is 1.65 bits per heavy atom. The standard InChI is InChI=1S/C36H43F2N7O5S/c1-35(2,3)45(34(46)47)30(21-23-19-24(37)22-25(38)20-23)31-27(12-11-26(39-31)13-14-36(4,5)48)28-9-8-10-29-32(28)43(7)40-33(29)41-51(49,50)44-17-15-42(6)16-18-44/h8-12,19-20,22,30,48H,15-18,21H2,1-7H3,(H,40,41)(H,46,47). The molecule has 0 bridgehead atoms. The van der Waals surface area contributed by atoms with Crippen molar-refractivity contribution in [3.05, 3.63) is 77.1 Å². The van der Waals surface area contributed by atoms with Crippen molar-refractivity contribution in [2.75, 3.05) is 37.9 Å². The van der Waals surface area contributed by atoms with Crippen LogP contribution in [-0.4, -0.2) is 98.0 Å². The van der Waals surface area contributed by atoms with E-state index in [-0.39, 0.29) is 29.2 Å². The maximum atomic E-state index is 14.5. The summed E-state index contributed by atoms with van der Waals surface area (Å²) in [7, 11) is -0.343. The number of rotatable bonds is 8. The van der Waals surface area contributed by atoms with Gasteiger partial charge in [-0.3, -0.25) is 14.3 Å². The molecule has 1 aliphatic rings. The number of anilines is 1. The molecule has 1 amide bonds. The zero-order valence-corrected chi connectivity index (χ0v) is 30.5. The van der Waals surface area contributed by atoms with Gasteiger partial charge >= 0.3 is 16.3 Å². The first kappa shape index (κ1) is 37.6. The molecule has 1 unspecified atom stereocenters. The van der Waals surface area contributed by atoms with Crippen molar-refractivity contribution < 1.29 is 32.2 Å². The lowest BCUT2D eigenvalue weighted by molar-refractivity contribution is 0.0684. The summed E-state index contributed by atoms with van der Waals surface area (Å²) in [4.78, 5) is 21.1. The lowest BCUT2D eigenvalue weighted by atomic mass is 9.90. The number of fused-ring (bicyclic) bond motifs is 1. The number of carboxylic acid groups (broad SMARTS) is 1. The Kier molecular flexibility index (Phi) is 10.5. The van der Waals surface area contributed by atoms with E-state index in [2.05, 4.69) is 21.7 Å². The van der Waals surface area contributed by atoms with Crippen LogP contribution in [0.15, 0.2) is 48.5 Å². The number of pyridine rings is 1. The summed E-state index contributed by atoms with van der Waals surface area (Å²) in [5.74, 6) is 4.08. The van der Waals surface area contributed by atoms with Gasteiger partial charge in [0, 0.05) is 61.3 Å². The second-order valence-corrected chi connectivity index (χ2v) is 15.9. The van der Waals surface area contributed by atoms with Gasteiger partial charge in [-0.25, -0.2) is 18.6 Å². The Labute approximate surface area is 296 Å². The average Bonchev–Trinajstić information content (AvgIpc) is 3.32. The van der Waals surface area contributed by atoms with E-state index < -0.39 is 45.1 Å². The predicted octanol–water partition coefficient (Wildman–Crippen LogP) is 5.00. The van der Waals surface area contributed by atoms with Crippen LogP contribution in [0.25, 0.3) is 22.0 Å². The molecule has 0 spiro atoms. The van der Waals surface area contributed by atoms with Gasteiger partial charge in [-0.05, 0) is 89.9 Å². The minimum atomic E-state index is -3.94. The molecule has 12 nitrogen and oxygen atoms in total. The molecule has 272 valence electrons. The predicted molar refractivity (Wildman–Crippen MR) is 191 cm³/mol. The normalized spacial score (nSPS) is 15.3. The lowest BCUT2D eigenvalue weighted by Gasteiger charge is -2.40. The van der Waals surface area contributed by atoms with Crippen molar-refractivity contribution in [3.8, 4) is 23.0 Å². The van der Waals surface area contributed by atoms with E-state index >= 15 is 0 Å². The smallest absolute Gasteiger partial charge is 0.408 e. The first-order valence-corrected chi connectivity index (χ1v) is 17.8. The summed E-state index contributed by atoms with van der Waals surface area (Å²) >= 11 is 0. The summed E-state index contributed by atoms with van der Waals surface area (Å²) < 4.78 is 61.4. The van der Waals surface area contributed by atoms with Gasteiger partial charge in [0.25, 0.3) is 0 Å². The number of halogens is 2. The van der Waals surface area contributed by atoms with Gasteiger partial charge in [-0.1, -0.05) is 18.1 Å². The maximum absolute atomic E-state index is 14.5. The fourth-order valence-electron chi connectivity index (χ4n) is 6.24. The number of amides is 1. The minimum Gasteiger partial charge on any atom is -0.465 e. The number of hydrogen-bond donors (Lipinski definition) is 3. The number of nitrogens with zero attached hydrogens (tertiary/aromatic N) is 6. The van der Waals surface area contributed by atoms with E-state index in [1.165, 1.54) is 27.7 Å². The van der Waals surface area contributed by atoms with Crippen molar-refractivity contribution in [1.29, 1.82) is 0 Å². The molecule has 1 saturated heterocycles. The van der Waals surface area contributed by atoms with Crippen molar-refractivity contribution >= 4 is 33.0 Å². The highest BCUT2D eigenvalue weighted by Crippen LogP contribution is 2.40. The maximum Gasteiger partial charge on any atom is 0.408 e. The first-order chi connectivity index (χ1) is 23.7. The number of aliphatic hydroxyl groups is 1. The second kappa shape index (κ2) is 14.2. The largest absolute Gasteiger partial charge is 0.465 e. The molecule has 0 saturated carbocycles. The molecule has 3 heterocycles. The number of nitrogens with one attached hydrogen (secondary N) is 1. The van der Waals surface area contributed by atoms with Crippen LogP contribution in [0.2, 0.25) is 0 Å². The Morgan fingerprint density at radius 3 is 2.24 bits per heavy atom. The number of aromatic nitrogens is 3. The van der Waals surface area contributed by atoms with Gasteiger partial charge in [0.2, 0.25) is 0 Å². The van der Waals surface area contributed by atoms with E-state index in [0.717, 1.165) is 18.2 Å². The molecule has 15 heteroatoms. The van der Waals surface area contributed by atoms with E-state index in [9.17, 15) is 32.2 Å². The van der Waals surface area contributed by atoms with E-state index in [1.54, 1.807) is 58.2 Å². The minimum absolute atomic E-state index is 0.115. The molecule has 3 N–H and O–H groups in total. The van der Waals surface area contributed by atoms with Gasteiger partial charge in [0.1, 0.15) is 22.9 Å². The molecule has 2 aromatic carbocycles. The number of likely N-dealkylation sites (N-methyl/N-ethyl adjacent to an activating group) is 1. The molecule has 1 fully saturated rings. The third kappa shape index (κ3) is 8.65. The van der Waals surface area contributed by atoms with E-state index in [4.69, 9.17) is 4.98 Å². The molecule has 4 aromatic rings. The van der Waals surface area contributed by atoms with Crippen LogP contribution in [0.4, 0.5) is 19.4 Å². The number of aryl methyl sites for hydroxylation is 1. The Balaban J connectivity index is 1.74. The first-order valence-electron chi connectivity index (χ1n) is 16.4. The highest BCUT2D eigenvalue weighted by atomic mass is 32.2. The fraction of sp³-hybridized carbons (Fsp3) is 0.417. The number of piperazine rings is 1. The van der Waals surface area contributed by atoms with Crippen LogP contribution in [0, 0.1) is 23.5 Å². The molecule has 0 aliphatic carbocycles. The zero-order chi connectivity index (χ0) is 37.5. The van der Waals surface area contributed by atoms with Gasteiger partial charge in [-0.2, -0.15) is 17.8 Å². The molecule has 5 rings (SSSR count). The average molecular weight is 724 g/mol. The molecule has 2 aromatic heterocycles. The number of para-hydroxylation sites is 1. The van der Waals surface area contributed by atoms with Gasteiger partial charge in [0.15, 0.2) is 5.82 Å². The third-order valence-electron chi connectivity index (χ3n) is 8.51. The summed E-state index contributed by atoms with van der Waals surface area (Å²) in [6.07, 6.45) is -1.44. The highest BCUT2D eigenvalue weighted by molar-refractivity contribution is 7.90. The van der Waals surface area contributed by atoms with Gasteiger partial charge in [-0.15, -0.1) is 0 Å². The van der Waals surface area contributed by atoms with Crippen molar-refractivity contribution in [2.45, 2.75) is 58.2 Å². The Morgan fingerprint density at radius 1 is 1.00 bits per heavy atom. The molecule has 1 aliphatic heterocycles. The van der Waals surface area contributed by atoms with Crippen LogP contribution in [0.1, 0.15) is 57.6 Å². The van der Waals surface area contributed by atoms with Crippen LogP contribution >= 0.6 is 0 Å². The van der Waals surface area contributed by atoms with Gasteiger partial charge in [0.05, 0.1) is 17.3 Å². The van der Waals surface area contributed by atoms with Crippen molar-refractivity contribution in [1.82, 2.24) is 28.9 Å². The van der Waals surface area contributed by atoms with Crippen molar-refractivity contribution in [2.24, 2.45) is 7.05 Å². The van der Waals surface area contributed by atoms with Crippen LogP contribution < -0.4 is 4.72 Å². The highest BCUT2D eigenvalue weighted by Gasteiger charge is 2.37. The molecule has 51 heavy (non-hydrogen) atoms. The summed E-state index contributed by atoms with van der Waals surface area (Å²) in [6.45, 7) is 9.97. The molecular weight excluding hydrogens is 681 g/mol. The summed E-state index contributed by atoms with van der Waals surface area (Å²) in [5, 5.41) is 26.0. The second-order valence-electron chi connectivity index (χ2n) is 14.2. The van der Waals surface area contributed by atoms with Gasteiger partial charge < -0.3 is 15.1 Å². The van der Waals surface area contributed by atoms with Crippen molar-refractivity contribution in [3.63, 3.8) is 0 Å². The number of carbonyl (C=O) groups is 1. The summed E-state index contributed by atoms with van der Waals surface area (Å²) in [5.41, 5.74) is -0.172. The molecule has 1 atom stereocenters. The molecular formula is C36H43F2N7O5S. The third-order valence-corrected chi connectivity index (χ3v) is 10.0. The van der Waals surface area contributed by atoms with E-state index in [1.807, 2.05) is 11.9 Å². The zero-order valence-electron chi connectivity index (χ0n) is 29.7. The lowest BCUT2D eigenvalue weighted by Crippen LogP contribution is -2.48. The van der Waals surface area contributed by atoms with E-state index in [0.29, 0.717) is 48.2 Å². The van der Waals surface area contributed by atoms with Crippen LogP contribution in [-0.2, 0) is 23.7 Å². The number of hydrogen-bond acceptors (Lipinski definition) is 7. The van der Waals surface area contributed by atoms with Crippen LogP contribution in [0.5, 0.6) is 0 Å². The molecule has 0 radical (unpaired) electrons. The monoisotopic (exact) mass is 723 g/mol. The fourth-order valence-corrected chi connectivity index (χ4v) is 7.41. The Hall–Kier alpha value is -4.62. The van der Waals surface area contributed by atoms with Crippen LogP contribution in [0.3, 0.4) is 0 Å².